The number of nitrogens with one attached hydrogen (secondary N) is 1. The van der Waals surface area contributed by atoms with Crippen molar-refractivity contribution in [2.75, 3.05) is 13.7 Å². The Labute approximate surface area is 154 Å². The minimum absolute atomic E-state index is 0.0973. The molecule has 0 radical (unpaired) electrons. The Morgan fingerprint density at radius 1 is 1.15 bits per heavy atom. The average molecular weight is 355 g/mol. The van der Waals surface area contributed by atoms with Gasteiger partial charge in [-0.15, -0.1) is 0 Å². The van der Waals surface area contributed by atoms with Crippen molar-refractivity contribution in [1.82, 2.24) is 5.32 Å². The molecule has 1 amide bonds. The lowest BCUT2D eigenvalue weighted by Gasteiger charge is -2.15. The molecule has 0 bridgehead atoms. The van der Waals surface area contributed by atoms with Gasteiger partial charge in [0, 0.05) is 13.0 Å². The summed E-state index contributed by atoms with van der Waals surface area (Å²) in [5.74, 6) is -1.12. The summed E-state index contributed by atoms with van der Waals surface area (Å²) in [7, 11) is 1.56. The summed E-state index contributed by atoms with van der Waals surface area (Å²) < 4.78 is 5.27. The van der Waals surface area contributed by atoms with Gasteiger partial charge in [0.1, 0.15) is 5.75 Å². The van der Waals surface area contributed by atoms with E-state index in [1.165, 1.54) is 0 Å². The number of carboxylic acids is 1. The van der Waals surface area contributed by atoms with Crippen molar-refractivity contribution in [3.63, 3.8) is 0 Å². The van der Waals surface area contributed by atoms with Gasteiger partial charge in [-0.25, -0.2) is 0 Å². The number of amides is 1. The highest BCUT2D eigenvalue weighted by molar-refractivity contribution is 5.77. The molecule has 2 aromatic rings. The van der Waals surface area contributed by atoms with Crippen LogP contribution < -0.4 is 10.1 Å². The van der Waals surface area contributed by atoms with Crippen LogP contribution in [0.3, 0.4) is 0 Å². The zero-order valence-electron chi connectivity index (χ0n) is 15.2. The van der Waals surface area contributed by atoms with Crippen molar-refractivity contribution in [1.29, 1.82) is 0 Å². The lowest BCUT2D eigenvalue weighted by atomic mass is 9.98. The lowest BCUT2D eigenvalue weighted by Crippen LogP contribution is -2.34. The molecule has 0 fully saturated rings. The summed E-state index contributed by atoms with van der Waals surface area (Å²) >= 11 is 0. The smallest absolute Gasteiger partial charge is 0.308 e. The topological polar surface area (TPSA) is 75.6 Å². The predicted octanol–water partition coefficient (Wildman–Crippen LogP) is 3.00. The van der Waals surface area contributed by atoms with E-state index >= 15 is 0 Å². The van der Waals surface area contributed by atoms with Crippen LogP contribution in [-0.4, -0.2) is 30.6 Å². The van der Waals surface area contributed by atoms with Gasteiger partial charge in [-0.1, -0.05) is 48.0 Å². The summed E-state index contributed by atoms with van der Waals surface area (Å²) in [5.41, 5.74) is 3.08. The number of hydrogen-bond acceptors (Lipinski definition) is 3. The van der Waals surface area contributed by atoms with E-state index in [4.69, 9.17) is 4.74 Å². The van der Waals surface area contributed by atoms with Gasteiger partial charge in [0.05, 0.1) is 13.0 Å². The van der Waals surface area contributed by atoms with Gasteiger partial charge in [-0.05, 0) is 37.0 Å². The van der Waals surface area contributed by atoms with Gasteiger partial charge in [0.25, 0.3) is 0 Å². The Kier molecular flexibility index (Phi) is 7.21. The highest BCUT2D eigenvalue weighted by Crippen LogP contribution is 2.21. The van der Waals surface area contributed by atoms with Crippen molar-refractivity contribution in [3.05, 3.63) is 65.2 Å². The molecule has 0 spiro atoms. The molecule has 1 atom stereocenters. The van der Waals surface area contributed by atoms with Gasteiger partial charge in [0.2, 0.25) is 5.91 Å². The number of aryl methyl sites for hydroxylation is 2. The van der Waals surface area contributed by atoms with Crippen LogP contribution in [0.5, 0.6) is 5.75 Å². The minimum atomic E-state index is -0.935. The van der Waals surface area contributed by atoms with Crippen molar-refractivity contribution in [2.45, 2.75) is 26.2 Å². The molecule has 0 heterocycles. The van der Waals surface area contributed by atoms with Crippen LogP contribution in [0.1, 0.15) is 23.1 Å². The van der Waals surface area contributed by atoms with E-state index < -0.39 is 11.9 Å². The van der Waals surface area contributed by atoms with Crippen LogP contribution in [0.4, 0.5) is 0 Å². The van der Waals surface area contributed by atoms with Gasteiger partial charge in [-0.3, -0.25) is 9.59 Å². The van der Waals surface area contributed by atoms with Gasteiger partial charge < -0.3 is 15.2 Å². The molecule has 0 saturated carbocycles. The number of rotatable bonds is 9. The number of carboxylic acid groups (broad SMARTS) is 1. The summed E-state index contributed by atoms with van der Waals surface area (Å²) in [4.78, 5) is 23.6. The highest BCUT2D eigenvalue weighted by atomic mass is 16.5. The average Bonchev–Trinajstić information content (AvgIpc) is 2.63. The van der Waals surface area contributed by atoms with E-state index in [0.29, 0.717) is 25.0 Å². The summed E-state index contributed by atoms with van der Waals surface area (Å²) in [5, 5.41) is 12.2. The molecule has 0 saturated heterocycles. The first kappa shape index (κ1) is 19.5. The van der Waals surface area contributed by atoms with Gasteiger partial charge in [0.15, 0.2) is 0 Å². The fourth-order valence-electron chi connectivity index (χ4n) is 2.83. The summed E-state index contributed by atoms with van der Waals surface area (Å²) in [6, 6.07) is 15.3. The number of carbonyl (C=O) groups excluding carboxylic acids is 1. The molecular weight excluding hydrogens is 330 g/mol. The van der Waals surface area contributed by atoms with E-state index in [9.17, 15) is 14.7 Å². The third kappa shape index (κ3) is 5.92. The molecule has 0 aliphatic rings. The van der Waals surface area contributed by atoms with Gasteiger partial charge >= 0.3 is 5.97 Å². The van der Waals surface area contributed by atoms with Crippen molar-refractivity contribution < 1.29 is 19.4 Å². The minimum Gasteiger partial charge on any atom is -0.496 e. The molecule has 5 heteroatoms. The zero-order chi connectivity index (χ0) is 18.9. The molecule has 2 N–H and O–H groups in total. The molecule has 26 heavy (non-hydrogen) atoms. The van der Waals surface area contributed by atoms with Crippen LogP contribution in [0.15, 0.2) is 48.5 Å². The van der Waals surface area contributed by atoms with Crippen molar-refractivity contribution in [3.8, 4) is 5.75 Å². The number of carbonyl (C=O) groups is 2. The fourth-order valence-corrected chi connectivity index (χ4v) is 2.83. The molecule has 2 aromatic carbocycles. The Bertz CT molecular complexity index is 757. The predicted molar refractivity (Wildman–Crippen MR) is 100 cm³/mol. The second kappa shape index (κ2) is 9.61. The lowest BCUT2D eigenvalue weighted by molar-refractivity contribution is -0.141. The van der Waals surface area contributed by atoms with Crippen LogP contribution in [0.25, 0.3) is 0 Å². The number of ether oxygens (including phenoxy) is 1. The third-order valence-corrected chi connectivity index (χ3v) is 4.28. The van der Waals surface area contributed by atoms with Crippen LogP contribution >= 0.6 is 0 Å². The first-order valence-electron chi connectivity index (χ1n) is 8.66. The number of hydrogen-bond donors (Lipinski definition) is 2. The van der Waals surface area contributed by atoms with Gasteiger partial charge in [-0.2, -0.15) is 0 Å². The number of methoxy groups -OCH3 is 1. The Morgan fingerprint density at radius 3 is 2.62 bits per heavy atom. The SMILES string of the molecule is COc1ccccc1CC(CNC(=O)CCc1cccc(C)c1)C(=O)O. The molecule has 1 unspecified atom stereocenters. The van der Waals surface area contributed by atoms with E-state index in [1.54, 1.807) is 13.2 Å². The Morgan fingerprint density at radius 2 is 1.92 bits per heavy atom. The number of para-hydroxylation sites is 1. The molecule has 0 aliphatic carbocycles. The van der Waals surface area contributed by atoms with E-state index in [2.05, 4.69) is 11.4 Å². The van der Waals surface area contributed by atoms with E-state index in [0.717, 1.165) is 16.7 Å². The first-order chi connectivity index (χ1) is 12.5. The first-order valence-corrected chi connectivity index (χ1v) is 8.66. The maximum atomic E-state index is 12.1. The Balaban J connectivity index is 1.87. The van der Waals surface area contributed by atoms with Crippen molar-refractivity contribution in [2.24, 2.45) is 5.92 Å². The van der Waals surface area contributed by atoms with Crippen LogP contribution in [-0.2, 0) is 22.4 Å². The molecular formula is C21H25NO4. The molecule has 138 valence electrons. The fraction of sp³-hybridized carbons (Fsp3) is 0.333. The van der Waals surface area contributed by atoms with E-state index in [-0.39, 0.29) is 12.5 Å². The normalized spacial score (nSPS) is 11.6. The standard InChI is InChI=1S/C21H25NO4/c1-15-6-5-7-16(12-15)10-11-20(23)22-14-18(21(24)25)13-17-8-3-4-9-19(17)26-2/h3-9,12,18H,10-11,13-14H2,1-2H3,(H,22,23)(H,24,25). The monoisotopic (exact) mass is 355 g/mol. The molecule has 5 nitrogen and oxygen atoms in total. The third-order valence-electron chi connectivity index (χ3n) is 4.28. The van der Waals surface area contributed by atoms with Crippen molar-refractivity contribution >= 4 is 11.9 Å². The summed E-state index contributed by atoms with van der Waals surface area (Å²) in [6.45, 7) is 2.11. The summed E-state index contributed by atoms with van der Waals surface area (Å²) in [6.07, 6.45) is 1.28. The second-order valence-corrected chi connectivity index (χ2v) is 6.34. The molecule has 2 rings (SSSR count). The van der Waals surface area contributed by atoms with Crippen LogP contribution in [0, 0.1) is 12.8 Å². The molecule has 0 aromatic heterocycles. The van der Waals surface area contributed by atoms with E-state index in [1.807, 2.05) is 43.3 Å². The quantitative estimate of drug-likeness (QED) is 0.725. The van der Waals surface area contributed by atoms with Crippen LogP contribution in [0.2, 0.25) is 0 Å². The largest absolute Gasteiger partial charge is 0.496 e. The highest BCUT2D eigenvalue weighted by Gasteiger charge is 2.20. The number of benzene rings is 2. The maximum Gasteiger partial charge on any atom is 0.308 e. The number of aliphatic carboxylic acids is 1. The maximum absolute atomic E-state index is 12.1. The molecule has 0 aliphatic heterocycles. The Hall–Kier alpha value is -2.82. The second-order valence-electron chi connectivity index (χ2n) is 6.34. The zero-order valence-corrected chi connectivity index (χ0v) is 15.2.